The first-order valence-corrected chi connectivity index (χ1v) is 12.9. The van der Waals surface area contributed by atoms with Gasteiger partial charge in [-0.3, -0.25) is 9.59 Å². The molecule has 3 heterocycles. The van der Waals surface area contributed by atoms with Crippen molar-refractivity contribution in [3.05, 3.63) is 94.6 Å². The molecule has 3 aromatic rings. The maximum Gasteiger partial charge on any atom is 0.257 e. The zero-order valence-electron chi connectivity index (χ0n) is 21.5. The molecule has 7 nitrogen and oxygen atoms in total. The van der Waals surface area contributed by atoms with E-state index in [1.807, 2.05) is 49.1 Å². The van der Waals surface area contributed by atoms with Crippen LogP contribution < -0.4 is 5.32 Å². The second kappa shape index (κ2) is 10.9. The number of carbonyl (C=O) groups excluding carboxylic acids is 2. The van der Waals surface area contributed by atoms with Crippen molar-refractivity contribution >= 4 is 11.8 Å². The number of aryl methyl sites for hydroxylation is 2. The summed E-state index contributed by atoms with van der Waals surface area (Å²) < 4.78 is 27.0. The number of benzene rings is 2. The zero-order valence-corrected chi connectivity index (χ0v) is 21.5. The number of aromatic nitrogens is 2. The highest BCUT2D eigenvalue weighted by molar-refractivity contribution is 5.96. The Labute approximate surface area is 220 Å². The zero-order chi connectivity index (χ0) is 26.8. The molecular formula is C29H31F2N5O2. The Hall–Kier alpha value is -3.72. The fraction of sp³-hybridized carbons (Fsp3) is 0.379. The summed E-state index contributed by atoms with van der Waals surface area (Å²) >= 11 is 0. The third-order valence-electron chi connectivity index (χ3n) is 7.71. The van der Waals surface area contributed by atoms with Crippen LogP contribution in [-0.2, 0) is 0 Å². The topological polar surface area (TPSA) is 78.4 Å². The van der Waals surface area contributed by atoms with Gasteiger partial charge in [0, 0.05) is 38.3 Å². The first-order chi connectivity index (χ1) is 18.3. The predicted molar refractivity (Wildman–Crippen MR) is 138 cm³/mol. The Morgan fingerprint density at radius 2 is 1.61 bits per heavy atom. The van der Waals surface area contributed by atoms with Crippen molar-refractivity contribution in [1.82, 2.24) is 25.1 Å². The molecule has 0 saturated carbocycles. The quantitative estimate of drug-likeness (QED) is 0.512. The van der Waals surface area contributed by atoms with E-state index < -0.39 is 17.5 Å². The molecule has 9 heteroatoms. The lowest BCUT2D eigenvalue weighted by atomic mass is 10.0. The predicted octanol–water partition coefficient (Wildman–Crippen LogP) is 3.94. The fourth-order valence-electron chi connectivity index (χ4n) is 5.70. The van der Waals surface area contributed by atoms with E-state index in [4.69, 9.17) is 0 Å². The van der Waals surface area contributed by atoms with E-state index >= 15 is 0 Å². The van der Waals surface area contributed by atoms with Crippen LogP contribution in [0.15, 0.2) is 54.9 Å². The third-order valence-corrected chi connectivity index (χ3v) is 7.71. The van der Waals surface area contributed by atoms with Crippen LogP contribution in [0, 0.1) is 37.3 Å². The van der Waals surface area contributed by atoms with Crippen molar-refractivity contribution in [1.29, 1.82) is 0 Å². The lowest BCUT2D eigenvalue weighted by molar-refractivity contribution is 0.0771. The van der Waals surface area contributed by atoms with Gasteiger partial charge >= 0.3 is 0 Å². The number of nitrogens with zero attached hydrogens (tertiary/aromatic N) is 4. The monoisotopic (exact) mass is 519 g/mol. The molecule has 5 rings (SSSR count). The second-order valence-electron chi connectivity index (χ2n) is 10.3. The standard InChI is InChI=1S/C29H31F2N5O2/c1-18-27(19(2)33-17-32-18)29(38)36-15-22-13-35(14-23(22)16-36)11-10-26(20-6-4-3-5-7-20)34-28(37)21-8-9-24(30)25(31)12-21/h3-9,12,17,22-23,26H,10-11,13-16H2,1-2H3,(H,34,37). The number of amides is 2. The molecule has 2 aliphatic rings. The minimum atomic E-state index is -1.05. The number of hydrogen-bond acceptors (Lipinski definition) is 5. The number of rotatable bonds is 7. The molecule has 2 aliphatic heterocycles. The number of nitrogens with one attached hydrogen (secondary N) is 1. The molecule has 0 bridgehead atoms. The number of carbonyl (C=O) groups is 2. The van der Waals surface area contributed by atoms with E-state index in [0.29, 0.717) is 48.3 Å². The summed E-state index contributed by atoms with van der Waals surface area (Å²) in [5.41, 5.74) is 3.05. The van der Waals surface area contributed by atoms with Crippen molar-refractivity contribution in [2.45, 2.75) is 26.3 Å². The Balaban J connectivity index is 1.20. The molecule has 0 spiro atoms. The highest BCUT2D eigenvalue weighted by Gasteiger charge is 2.42. The largest absolute Gasteiger partial charge is 0.345 e. The average molecular weight is 520 g/mol. The first-order valence-electron chi connectivity index (χ1n) is 12.9. The minimum Gasteiger partial charge on any atom is -0.345 e. The van der Waals surface area contributed by atoms with Crippen molar-refractivity contribution in [2.24, 2.45) is 11.8 Å². The van der Waals surface area contributed by atoms with Gasteiger partial charge in [0.25, 0.3) is 11.8 Å². The van der Waals surface area contributed by atoms with E-state index in [0.717, 1.165) is 37.3 Å². The summed E-state index contributed by atoms with van der Waals surface area (Å²) in [5.74, 6) is -1.67. The summed E-state index contributed by atoms with van der Waals surface area (Å²) in [6.07, 6.45) is 2.16. The molecule has 3 unspecified atom stereocenters. The van der Waals surface area contributed by atoms with Crippen LogP contribution in [0.4, 0.5) is 8.78 Å². The van der Waals surface area contributed by atoms with E-state index in [2.05, 4.69) is 20.2 Å². The van der Waals surface area contributed by atoms with Crippen molar-refractivity contribution in [3.8, 4) is 0 Å². The van der Waals surface area contributed by atoms with E-state index in [9.17, 15) is 18.4 Å². The van der Waals surface area contributed by atoms with Gasteiger partial charge in [0.05, 0.1) is 23.0 Å². The van der Waals surface area contributed by atoms with Crippen LogP contribution in [0.5, 0.6) is 0 Å². The summed E-state index contributed by atoms with van der Waals surface area (Å²) in [4.78, 5) is 38.7. The lowest BCUT2D eigenvalue weighted by Gasteiger charge is -2.25. The normalized spacial score (nSPS) is 19.8. The average Bonchev–Trinajstić information content (AvgIpc) is 3.47. The number of likely N-dealkylation sites (tertiary alicyclic amines) is 2. The van der Waals surface area contributed by atoms with Crippen molar-refractivity contribution in [2.75, 3.05) is 32.7 Å². The highest BCUT2D eigenvalue weighted by atomic mass is 19.2. The minimum absolute atomic E-state index is 0.00522. The summed E-state index contributed by atoms with van der Waals surface area (Å²) in [6.45, 7) is 7.64. The van der Waals surface area contributed by atoms with Crippen molar-refractivity contribution < 1.29 is 18.4 Å². The summed E-state index contributed by atoms with van der Waals surface area (Å²) in [5, 5.41) is 3.00. The molecule has 0 radical (unpaired) electrons. The first kappa shape index (κ1) is 25.9. The van der Waals surface area contributed by atoms with Gasteiger partial charge < -0.3 is 15.1 Å². The Kier molecular flexibility index (Phi) is 7.46. The Morgan fingerprint density at radius 3 is 2.24 bits per heavy atom. The van der Waals surface area contributed by atoms with Crippen LogP contribution in [-0.4, -0.2) is 64.3 Å². The molecule has 2 saturated heterocycles. The lowest BCUT2D eigenvalue weighted by Crippen LogP contribution is -2.36. The van der Waals surface area contributed by atoms with E-state index in [1.165, 1.54) is 12.4 Å². The molecule has 3 atom stereocenters. The van der Waals surface area contributed by atoms with Gasteiger partial charge in [-0.25, -0.2) is 18.7 Å². The Morgan fingerprint density at radius 1 is 0.947 bits per heavy atom. The van der Waals surface area contributed by atoms with E-state index in [1.54, 1.807) is 0 Å². The van der Waals surface area contributed by atoms with Gasteiger partial charge in [-0.15, -0.1) is 0 Å². The Bertz CT molecular complexity index is 1300. The summed E-state index contributed by atoms with van der Waals surface area (Å²) in [6, 6.07) is 12.5. The van der Waals surface area contributed by atoms with Crippen LogP contribution in [0.3, 0.4) is 0 Å². The van der Waals surface area contributed by atoms with Gasteiger partial charge in [0.2, 0.25) is 0 Å². The third kappa shape index (κ3) is 5.43. The fourth-order valence-corrected chi connectivity index (χ4v) is 5.70. The van der Waals surface area contributed by atoms with Crippen LogP contribution in [0.25, 0.3) is 0 Å². The molecule has 2 aromatic carbocycles. The smallest absolute Gasteiger partial charge is 0.257 e. The molecule has 1 aromatic heterocycles. The number of hydrogen-bond donors (Lipinski definition) is 1. The molecule has 198 valence electrons. The molecule has 0 aliphatic carbocycles. The number of halogens is 2. The van der Waals surface area contributed by atoms with Crippen LogP contribution >= 0.6 is 0 Å². The van der Waals surface area contributed by atoms with Gasteiger partial charge in [0.1, 0.15) is 6.33 Å². The highest BCUT2D eigenvalue weighted by Crippen LogP contribution is 2.33. The van der Waals surface area contributed by atoms with Crippen LogP contribution in [0.2, 0.25) is 0 Å². The SMILES string of the molecule is Cc1ncnc(C)c1C(=O)N1CC2CN(CCC(NC(=O)c3ccc(F)c(F)c3)c3ccccc3)CC2C1. The molecular weight excluding hydrogens is 488 g/mol. The van der Waals surface area contributed by atoms with Gasteiger partial charge in [0.15, 0.2) is 11.6 Å². The maximum absolute atomic E-state index is 13.7. The maximum atomic E-state index is 13.7. The summed E-state index contributed by atoms with van der Waals surface area (Å²) in [7, 11) is 0. The molecule has 1 N–H and O–H groups in total. The second-order valence-corrected chi connectivity index (χ2v) is 10.3. The molecule has 2 amide bonds. The molecule has 38 heavy (non-hydrogen) atoms. The van der Waals surface area contributed by atoms with Crippen LogP contribution in [0.1, 0.15) is 50.1 Å². The number of fused-ring (bicyclic) bond motifs is 1. The molecule has 2 fully saturated rings. The van der Waals surface area contributed by atoms with Gasteiger partial charge in [-0.05, 0) is 55.9 Å². The van der Waals surface area contributed by atoms with Crippen molar-refractivity contribution in [3.63, 3.8) is 0 Å². The van der Waals surface area contributed by atoms with Gasteiger partial charge in [-0.2, -0.15) is 0 Å². The van der Waals surface area contributed by atoms with E-state index in [-0.39, 0.29) is 17.5 Å². The van der Waals surface area contributed by atoms with Gasteiger partial charge in [-0.1, -0.05) is 30.3 Å².